The van der Waals surface area contributed by atoms with Gasteiger partial charge >= 0.3 is 0 Å². The zero-order valence-electron chi connectivity index (χ0n) is 24.7. The second-order valence-electron chi connectivity index (χ2n) is 11.8. The van der Waals surface area contributed by atoms with Crippen LogP contribution in [0.1, 0.15) is 0 Å². The van der Waals surface area contributed by atoms with Crippen molar-refractivity contribution in [3.05, 3.63) is 152 Å². The van der Waals surface area contributed by atoms with Crippen molar-refractivity contribution in [3.63, 3.8) is 0 Å². The van der Waals surface area contributed by atoms with Crippen LogP contribution in [-0.2, 0) is 0 Å². The molecule has 0 aliphatic carbocycles. The first-order chi connectivity index (χ1) is 22.8. The molecule has 3 heterocycles. The molecule has 0 radical (unpaired) electrons. The van der Waals surface area contributed by atoms with Crippen molar-refractivity contribution in [2.24, 2.45) is 0 Å². The first kappa shape index (κ1) is 25.1. The molecular weight excluding hydrogens is 562 g/mol. The summed E-state index contributed by atoms with van der Waals surface area (Å²) < 4.78 is 8.36. The molecule has 10 rings (SSSR count). The number of furan rings is 1. The van der Waals surface area contributed by atoms with Crippen LogP contribution in [0.15, 0.2) is 156 Å². The van der Waals surface area contributed by atoms with Crippen LogP contribution in [0.4, 0.5) is 0 Å². The molecule has 0 aliphatic heterocycles. The zero-order valence-corrected chi connectivity index (χ0v) is 24.7. The number of aromatic nitrogens is 3. The van der Waals surface area contributed by atoms with Gasteiger partial charge in [-0.3, -0.25) is 4.40 Å². The Balaban J connectivity index is 1.31. The van der Waals surface area contributed by atoms with E-state index in [1.807, 2.05) is 18.2 Å². The Hall–Kier alpha value is -6.26. The van der Waals surface area contributed by atoms with Crippen LogP contribution in [0, 0.1) is 0 Å². The Morgan fingerprint density at radius 1 is 0.435 bits per heavy atom. The quantitative estimate of drug-likeness (QED) is 0.193. The summed E-state index contributed by atoms with van der Waals surface area (Å²) >= 11 is 0. The van der Waals surface area contributed by atoms with E-state index >= 15 is 0 Å². The Kier molecular flexibility index (Phi) is 5.25. The van der Waals surface area contributed by atoms with Crippen molar-refractivity contribution < 1.29 is 4.42 Å². The van der Waals surface area contributed by atoms with Crippen molar-refractivity contribution in [1.29, 1.82) is 0 Å². The van der Waals surface area contributed by atoms with Gasteiger partial charge in [0, 0.05) is 16.3 Å². The Morgan fingerprint density at radius 2 is 1.04 bits per heavy atom. The van der Waals surface area contributed by atoms with Crippen LogP contribution in [0.25, 0.3) is 93.9 Å². The van der Waals surface area contributed by atoms with Crippen molar-refractivity contribution in [1.82, 2.24) is 14.4 Å². The molecule has 7 aromatic carbocycles. The third kappa shape index (κ3) is 3.61. The molecule has 0 amide bonds. The van der Waals surface area contributed by atoms with Gasteiger partial charge in [-0.1, -0.05) is 115 Å². The summed E-state index contributed by atoms with van der Waals surface area (Å²) in [5.74, 6) is 0.687. The molecular formula is C42H25N3O. The highest BCUT2D eigenvalue weighted by Crippen LogP contribution is 2.45. The van der Waals surface area contributed by atoms with E-state index in [0.29, 0.717) is 5.78 Å². The zero-order chi connectivity index (χ0) is 30.2. The van der Waals surface area contributed by atoms with Crippen molar-refractivity contribution in [3.8, 4) is 33.6 Å². The van der Waals surface area contributed by atoms with Gasteiger partial charge in [0.05, 0.1) is 22.4 Å². The summed E-state index contributed by atoms with van der Waals surface area (Å²) in [7, 11) is 0. The number of benzene rings is 7. The summed E-state index contributed by atoms with van der Waals surface area (Å²) in [5.41, 5.74) is 10.3. The minimum atomic E-state index is 0.687. The molecule has 0 saturated heterocycles. The van der Waals surface area contributed by atoms with Gasteiger partial charge < -0.3 is 4.42 Å². The molecule has 0 aliphatic rings. The summed E-state index contributed by atoms with van der Waals surface area (Å²) in [6, 6.07) is 53.3. The third-order valence-electron chi connectivity index (χ3n) is 9.20. The van der Waals surface area contributed by atoms with Gasteiger partial charge in [-0.25, -0.2) is 9.97 Å². The Morgan fingerprint density at radius 3 is 1.80 bits per heavy atom. The molecule has 0 spiro atoms. The van der Waals surface area contributed by atoms with Crippen LogP contribution in [0.2, 0.25) is 0 Å². The molecule has 0 saturated carbocycles. The fraction of sp³-hybridized carbons (Fsp3) is 0. The molecule has 10 aromatic rings. The van der Waals surface area contributed by atoms with Crippen molar-refractivity contribution in [2.75, 3.05) is 0 Å². The standard InChI is InChI=1S/C42H25N3O/c1-2-12-26(13-3-1)37-25-35(44-42-43-34-19-9-10-20-36(34)45(37)42)41-31-17-6-4-15-29(31)40(30-16-5-7-18-32(30)41)27-22-23-39-33(24-27)28-14-8-11-21-38(28)46-39/h1-25H. The maximum atomic E-state index is 6.18. The summed E-state index contributed by atoms with van der Waals surface area (Å²) in [5, 5.41) is 6.92. The van der Waals surface area contributed by atoms with Gasteiger partial charge in [0.25, 0.3) is 0 Å². The van der Waals surface area contributed by atoms with E-state index in [1.54, 1.807) is 0 Å². The average Bonchev–Trinajstić information content (AvgIpc) is 3.68. The highest BCUT2D eigenvalue weighted by Gasteiger charge is 2.21. The fourth-order valence-electron chi connectivity index (χ4n) is 7.21. The maximum absolute atomic E-state index is 6.18. The smallest absolute Gasteiger partial charge is 0.235 e. The van der Waals surface area contributed by atoms with Gasteiger partial charge in [0.15, 0.2) is 0 Å². The minimum Gasteiger partial charge on any atom is -0.456 e. The van der Waals surface area contributed by atoms with E-state index in [-0.39, 0.29) is 0 Å². The van der Waals surface area contributed by atoms with Crippen LogP contribution < -0.4 is 0 Å². The number of hydrogen-bond donors (Lipinski definition) is 0. The largest absolute Gasteiger partial charge is 0.456 e. The van der Waals surface area contributed by atoms with Gasteiger partial charge in [-0.2, -0.15) is 0 Å². The predicted molar refractivity (Wildman–Crippen MR) is 189 cm³/mol. The summed E-state index contributed by atoms with van der Waals surface area (Å²) in [6.07, 6.45) is 0. The molecule has 0 atom stereocenters. The monoisotopic (exact) mass is 587 g/mol. The summed E-state index contributed by atoms with van der Waals surface area (Å²) in [6.45, 7) is 0. The van der Waals surface area contributed by atoms with Gasteiger partial charge in [0.1, 0.15) is 11.2 Å². The number of fused-ring (bicyclic) bond motifs is 8. The molecule has 0 unspecified atom stereocenters. The number of imidazole rings is 1. The number of nitrogens with zero attached hydrogens (tertiary/aromatic N) is 3. The minimum absolute atomic E-state index is 0.687. The lowest BCUT2D eigenvalue weighted by molar-refractivity contribution is 0.669. The predicted octanol–water partition coefficient (Wildman–Crippen LogP) is 11.1. The first-order valence-corrected chi connectivity index (χ1v) is 15.5. The molecule has 3 aromatic heterocycles. The molecule has 0 fully saturated rings. The van der Waals surface area contributed by atoms with E-state index in [2.05, 4.69) is 138 Å². The van der Waals surface area contributed by atoms with E-state index < -0.39 is 0 Å². The SMILES string of the molecule is c1ccc(-c2cc(-c3c4ccccc4c(-c4ccc5oc6ccccc6c5c4)c4ccccc34)nc3nc4ccccc4n23)cc1. The third-order valence-corrected chi connectivity index (χ3v) is 9.20. The lowest BCUT2D eigenvalue weighted by Crippen LogP contribution is -1.99. The molecule has 0 bridgehead atoms. The number of rotatable bonds is 3. The van der Waals surface area contributed by atoms with E-state index in [1.165, 1.54) is 16.3 Å². The Labute approximate surface area is 263 Å². The number of para-hydroxylation sites is 3. The van der Waals surface area contributed by atoms with Crippen molar-refractivity contribution >= 4 is 60.3 Å². The van der Waals surface area contributed by atoms with Gasteiger partial charge in [-0.15, -0.1) is 0 Å². The van der Waals surface area contributed by atoms with Gasteiger partial charge in [-0.05, 0) is 74.6 Å². The number of hydrogen-bond acceptors (Lipinski definition) is 3. The Bertz CT molecular complexity index is 2750. The van der Waals surface area contributed by atoms with Crippen LogP contribution in [0.3, 0.4) is 0 Å². The first-order valence-electron chi connectivity index (χ1n) is 15.5. The highest BCUT2D eigenvalue weighted by atomic mass is 16.3. The van der Waals surface area contributed by atoms with Crippen LogP contribution >= 0.6 is 0 Å². The average molecular weight is 588 g/mol. The highest BCUT2D eigenvalue weighted by molar-refractivity contribution is 6.22. The second-order valence-corrected chi connectivity index (χ2v) is 11.8. The molecule has 214 valence electrons. The van der Waals surface area contributed by atoms with E-state index in [4.69, 9.17) is 14.4 Å². The van der Waals surface area contributed by atoms with E-state index in [0.717, 1.165) is 71.8 Å². The van der Waals surface area contributed by atoms with Crippen LogP contribution in [0.5, 0.6) is 0 Å². The topological polar surface area (TPSA) is 43.3 Å². The lowest BCUT2D eigenvalue weighted by Gasteiger charge is -2.18. The second kappa shape index (κ2) is 9.62. The molecule has 0 N–H and O–H groups in total. The molecule has 4 heteroatoms. The van der Waals surface area contributed by atoms with Crippen molar-refractivity contribution in [2.45, 2.75) is 0 Å². The maximum Gasteiger partial charge on any atom is 0.235 e. The molecule has 46 heavy (non-hydrogen) atoms. The van der Waals surface area contributed by atoms with Gasteiger partial charge in [0.2, 0.25) is 5.78 Å². The van der Waals surface area contributed by atoms with Crippen LogP contribution in [-0.4, -0.2) is 14.4 Å². The van der Waals surface area contributed by atoms with E-state index in [9.17, 15) is 0 Å². The normalized spacial score (nSPS) is 11.9. The lowest BCUT2D eigenvalue weighted by atomic mass is 9.87. The molecule has 4 nitrogen and oxygen atoms in total. The fourth-order valence-corrected chi connectivity index (χ4v) is 7.21. The summed E-state index contributed by atoms with van der Waals surface area (Å²) in [4.78, 5) is 10.3.